The van der Waals surface area contributed by atoms with Gasteiger partial charge in [0.15, 0.2) is 0 Å². The van der Waals surface area contributed by atoms with Crippen LogP contribution >= 0.6 is 0 Å². The van der Waals surface area contributed by atoms with Gasteiger partial charge < -0.3 is 10.1 Å². The fourth-order valence-electron chi connectivity index (χ4n) is 1.52. The summed E-state index contributed by atoms with van der Waals surface area (Å²) in [6.45, 7) is 4.32. The van der Waals surface area contributed by atoms with E-state index in [2.05, 4.69) is 24.9 Å². The Hall–Kier alpha value is -1.51. The van der Waals surface area contributed by atoms with E-state index >= 15 is 0 Å². The SMILES string of the molecule is CC(C)c1cccc2nc(N)cn12. The van der Waals surface area contributed by atoms with Crippen LogP contribution < -0.4 is 5.73 Å². The Morgan fingerprint density at radius 3 is 2.85 bits per heavy atom. The lowest BCUT2D eigenvalue weighted by Crippen LogP contribution is -1.96. The van der Waals surface area contributed by atoms with E-state index in [0.29, 0.717) is 11.7 Å². The summed E-state index contributed by atoms with van der Waals surface area (Å²) in [6, 6.07) is 6.07. The van der Waals surface area contributed by atoms with E-state index < -0.39 is 0 Å². The molecule has 0 aromatic carbocycles. The lowest BCUT2D eigenvalue weighted by atomic mass is 10.1. The standard InChI is InChI=1S/C10H13N3/c1-7(2)8-4-3-5-10-12-9(11)6-13(8)10/h3-7H,11H2,1-2H3. The molecule has 0 aliphatic carbocycles. The van der Waals surface area contributed by atoms with Crippen molar-refractivity contribution in [3.63, 3.8) is 0 Å². The molecule has 2 aromatic rings. The number of fused-ring (bicyclic) bond motifs is 1. The highest BCUT2D eigenvalue weighted by Gasteiger charge is 2.05. The van der Waals surface area contributed by atoms with E-state index in [4.69, 9.17) is 5.73 Å². The Balaban J connectivity index is 2.75. The lowest BCUT2D eigenvalue weighted by Gasteiger charge is -2.07. The van der Waals surface area contributed by atoms with Gasteiger partial charge in [-0.15, -0.1) is 0 Å². The zero-order valence-electron chi connectivity index (χ0n) is 7.86. The summed E-state index contributed by atoms with van der Waals surface area (Å²) in [6.07, 6.45) is 1.87. The largest absolute Gasteiger partial charge is 0.382 e. The van der Waals surface area contributed by atoms with E-state index in [1.54, 1.807) is 0 Å². The van der Waals surface area contributed by atoms with Gasteiger partial charge in [0.2, 0.25) is 0 Å². The Kier molecular flexibility index (Phi) is 1.72. The number of nitrogen functional groups attached to an aromatic ring is 1. The van der Waals surface area contributed by atoms with Crippen LogP contribution in [0.1, 0.15) is 25.5 Å². The molecule has 0 spiro atoms. The Morgan fingerprint density at radius 1 is 1.38 bits per heavy atom. The number of rotatable bonds is 1. The van der Waals surface area contributed by atoms with Gasteiger partial charge in [-0.25, -0.2) is 4.98 Å². The molecular weight excluding hydrogens is 162 g/mol. The minimum atomic E-state index is 0.484. The van der Waals surface area contributed by atoms with Crippen molar-refractivity contribution in [3.05, 3.63) is 30.1 Å². The van der Waals surface area contributed by atoms with Gasteiger partial charge in [-0.2, -0.15) is 0 Å². The normalized spacial score (nSPS) is 11.3. The van der Waals surface area contributed by atoms with Crippen molar-refractivity contribution in [1.29, 1.82) is 0 Å². The highest BCUT2D eigenvalue weighted by Crippen LogP contribution is 2.17. The van der Waals surface area contributed by atoms with Gasteiger partial charge in [-0.1, -0.05) is 19.9 Å². The average Bonchev–Trinajstić information content (AvgIpc) is 2.43. The number of hydrogen-bond acceptors (Lipinski definition) is 2. The number of anilines is 1. The van der Waals surface area contributed by atoms with Crippen LogP contribution in [0.5, 0.6) is 0 Å². The number of nitrogens with zero attached hydrogens (tertiary/aromatic N) is 2. The maximum absolute atomic E-state index is 5.63. The molecule has 0 radical (unpaired) electrons. The first-order chi connectivity index (χ1) is 6.18. The highest BCUT2D eigenvalue weighted by molar-refractivity contribution is 5.48. The molecule has 0 saturated heterocycles. The minimum Gasteiger partial charge on any atom is -0.382 e. The van der Waals surface area contributed by atoms with Crippen molar-refractivity contribution >= 4 is 11.5 Å². The van der Waals surface area contributed by atoms with Gasteiger partial charge in [0, 0.05) is 5.69 Å². The van der Waals surface area contributed by atoms with Gasteiger partial charge >= 0.3 is 0 Å². The van der Waals surface area contributed by atoms with E-state index in [1.807, 2.05) is 22.7 Å². The van der Waals surface area contributed by atoms with E-state index in [9.17, 15) is 0 Å². The van der Waals surface area contributed by atoms with Crippen molar-refractivity contribution in [2.45, 2.75) is 19.8 Å². The maximum Gasteiger partial charge on any atom is 0.142 e. The molecule has 0 fully saturated rings. The third kappa shape index (κ3) is 1.26. The molecule has 0 amide bonds. The summed E-state index contributed by atoms with van der Waals surface area (Å²) >= 11 is 0. The first-order valence-electron chi connectivity index (χ1n) is 4.42. The Bertz CT molecular complexity index is 429. The molecule has 3 heteroatoms. The Labute approximate surface area is 77.2 Å². The highest BCUT2D eigenvalue weighted by atomic mass is 15.0. The molecule has 0 unspecified atom stereocenters. The minimum absolute atomic E-state index is 0.484. The number of aromatic nitrogens is 2. The molecule has 68 valence electrons. The summed E-state index contributed by atoms with van der Waals surface area (Å²) in [5.41, 5.74) is 7.79. The van der Waals surface area contributed by atoms with Crippen molar-refractivity contribution in [2.24, 2.45) is 0 Å². The van der Waals surface area contributed by atoms with E-state index in [-0.39, 0.29) is 0 Å². The van der Waals surface area contributed by atoms with Crippen molar-refractivity contribution in [1.82, 2.24) is 9.38 Å². The summed E-state index contributed by atoms with van der Waals surface area (Å²) in [5, 5.41) is 0. The second kappa shape index (κ2) is 2.76. The van der Waals surface area contributed by atoms with Crippen molar-refractivity contribution < 1.29 is 0 Å². The van der Waals surface area contributed by atoms with Crippen molar-refractivity contribution in [3.8, 4) is 0 Å². The van der Waals surface area contributed by atoms with Crippen molar-refractivity contribution in [2.75, 3.05) is 5.73 Å². The van der Waals surface area contributed by atoms with Gasteiger partial charge in [-0.05, 0) is 18.1 Å². The molecule has 13 heavy (non-hydrogen) atoms. The molecule has 0 atom stereocenters. The molecule has 2 N–H and O–H groups in total. The first-order valence-corrected chi connectivity index (χ1v) is 4.42. The molecule has 3 nitrogen and oxygen atoms in total. The zero-order chi connectivity index (χ0) is 9.42. The molecule has 2 heterocycles. The maximum atomic E-state index is 5.63. The molecule has 0 saturated carbocycles. The van der Waals surface area contributed by atoms with Crippen LogP contribution in [-0.2, 0) is 0 Å². The van der Waals surface area contributed by atoms with E-state index in [1.165, 1.54) is 5.69 Å². The number of hydrogen-bond donors (Lipinski definition) is 1. The topological polar surface area (TPSA) is 43.3 Å². The van der Waals surface area contributed by atoms with Gasteiger partial charge in [0.05, 0.1) is 6.20 Å². The molecule has 2 aromatic heterocycles. The third-order valence-corrected chi connectivity index (χ3v) is 2.13. The molecule has 0 aliphatic heterocycles. The summed E-state index contributed by atoms with van der Waals surface area (Å²) in [7, 11) is 0. The van der Waals surface area contributed by atoms with Gasteiger partial charge in [0.1, 0.15) is 11.5 Å². The second-order valence-electron chi connectivity index (χ2n) is 3.50. The number of pyridine rings is 1. The van der Waals surface area contributed by atoms with Gasteiger partial charge in [0.25, 0.3) is 0 Å². The second-order valence-corrected chi connectivity index (χ2v) is 3.50. The van der Waals surface area contributed by atoms with Gasteiger partial charge in [-0.3, -0.25) is 0 Å². The van der Waals surface area contributed by atoms with Crippen LogP contribution in [0.15, 0.2) is 24.4 Å². The quantitative estimate of drug-likeness (QED) is 0.720. The fraction of sp³-hybridized carbons (Fsp3) is 0.300. The van der Waals surface area contributed by atoms with Crippen LogP contribution in [0.2, 0.25) is 0 Å². The lowest BCUT2D eigenvalue weighted by molar-refractivity contribution is 0.802. The predicted molar refractivity (Wildman–Crippen MR) is 53.7 cm³/mol. The number of nitrogens with two attached hydrogens (primary N) is 1. The molecular formula is C10H13N3. The van der Waals surface area contributed by atoms with Crippen LogP contribution in [0.25, 0.3) is 5.65 Å². The fourth-order valence-corrected chi connectivity index (χ4v) is 1.52. The average molecular weight is 175 g/mol. The predicted octanol–water partition coefficient (Wildman–Crippen LogP) is 2.04. The summed E-state index contributed by atoms with van der Waals surface area (Å²) in [4.78, 5) is 4.20. The molecule has 2 rings (SSSR count). The van der Waals surface area contributed by atoms with E-state index in [0.717, 1.165) is 5.65 Å². The summed E-state index contributed by atoms with van der Waals surface area (Å²) in [5.74, 6) is 1.06. The van der Waals surface area contributed by atoms with Crippen LogP contribution in [-0.4, -0.2) is 9.38 Å². The van der Waals surface area contributed by atoms with Crippen LogP contribution in [0.4, 0.5) is 5.82 Å². The smallest absolute Gasteiger partial charge is 0.142 e. The monoisotopic (exact) mass is 175 g/mol. The zero-order valence-corrected chi connectivity index (χ0v) is 7.86. The number of imidazole rings is 1. The third-order valence-electron chi connectivity index (χ3n) is 2.13. The summed E-state index contributed by atoms with van der Waals surface area (Å²) < 4.78 is 2.04. The van der Waals surface area contributed by atoms with Crippen LogP contribution in [0, 0.1) is 0 Å². The molecule has 0 bridgehead atoms. The first kappa shape index (κ1) is 8.10. The Morgan fingerprint density at radius 2 is 2.15 bits per heavy atom. The molecule has 0 aliphatic rings. The van der Waals surface area contributed by atoms with Crippen LogP contribution in [0.3, 0.4) is 0 Å².